The van der Waals surface area contributed by atoms with Gasteiger partial charge in [0, 0.05) is 0 Å². The Morgan fingerprint density at radius 3 is 1.22 bits per heavy atom. The fourth-order valence-corrected chi connectivity index (χ4v) is 1.02. The van der Waals surface area contributed by atoms with Crippen molar-refractivity contribution in [3.63, 3.8) is 0 Å². The van der Waals surface area contributed by atoms with E-state index in [0.29, 0.717) is 0 Å². The van der Waals surface area contributed by atoms with Crippen molar-refractivity contribution in [2.45, 2.75) is 42.5 Å². The Balaban J connectivity index is 6.26. The monoisotopic (exact) mass is 448 g/mol. The van der Waals surface area contributed by atoms with Gasteiger partial charge in [0.05, 0.1) is 0 Å². The molecular weight excluding hydrogens is 448 g/mol. The molecule has 1 atom stereocenters. The molecule has 0 spiro atoms. The van der Waals surface area contributed by atoms with Crippen molar-refractivity contribution in [1.82, 2.24) is 0 Å². The van der Waals surface area contributed by atoms with Crippen LogP contribution in [0.15, 0.2) is 0 Å². The van der Waals surface area contributed by atoms with Gasteiger partial charge in [-0.1, -0.05) is 0 Å². The summed E-state index contributed by atoms with van der Waals surface area (Å²) in [4.78, 5) is 9.57. The Hall–Kier alpha value is -1.53. The van der Waals surface area contributed by atoms with Gasteiger partial charge >= 0.3 is 48.5 Å². The summed E-state index contributed by atoms with van der Waals surface area (Å²) in [5.41, 5.74) is 0. The normalized spacial score (nSPS) is 17.6. The summed E-state index contributed by atoms with van der Waals surface area (Å²) in [7, 11) is 0. The van der Waals surface area contributed by atoms with E-state index < -0.39 is 48.5 Å². The highest BCUT2D eigenvalue weighted by Gasteiger charge is 2.86. The van der Waals surface area contributed by atoms with Gasteiger partial charge in [0.1, 0.15) is 0 Å². The number of alkyl halides is 15. The highest BCUT2D eigenvalue weighted by atomic mass is 19.4. The van der Waals surface area contributed by atoms with Crippen molar-refractivity contribution in [3.05, 3.63) is 0 Å². The second-order valence-corrected chi connectivity index (χ2v) is 4.20. The predicted molar refractivity (Wildman–Crippen MR) is 44.0 cm³/mol. The largest absolute Gasteiger partial charge is 0.527 e. The van der Waals surface area contributed by atoms with Crippen molar-refractivity contribution < 1.29 is 84.5 Å². The number of hydrogen-bond acceptors (Lipinski definition) is 3. The van der Waals surface area contributed by atoms with E-state index in [1.807, 2.05) is 0 Å². The number of carbonyl (C=O) groups is 1. The molecular formula is C8F16O3. The van der Waals surface area contributed by atoms with Crippen molar-refractivity contribution in [1.29, 1.82) is 0 Å². The van der Waals surface area contributed by atoms with Crippen LogP contribution in [-0.2, 0) is 14.3 Å². The van der Waals surface area contributed by atoms with Gasteiger partial charge in [-0.05, 0) is 0 Å². The molecule has 0 saturated carbocycles. The van der Waals surface area contributed by atoms with E-state index in [0.717, 1.165) is 0 Å². The first-order chi connectivity index (χ1) is 11.4. The van der Waals surface area contributed by atoms with Crippen LogP contribution < -0.4 is 0 Å². The molecule has 0 heterocycles. The minimum Gasteiger partial charge on any atom is -0.254 e. The average Bonchev–Trinajstić information content (AvgIpc) is 2.33. The van der Waals surface area contributed by atoms with Crippen LogP contribution >= 0.6 is 0 Å². The second kappa shape index (κ2) is 6.52. The Morgan fingerprint density at radius 1 is 0.593 bits per heavy atom. The van der Waals surface area contributed by atoms with Gasteiger partial charge in [0.15, 0.2) is 0 Å². The maximum atomic E-state index is 13.0. The summed E-state index contributed by atoms with van der Waals surface area (Å²) < 4.78 is 200. The van der Waals surface area contributed by atoms with Crippen LogP contribution in [0.5, 0.6) is 0 Å². The maximum absolute atomic E-state index is 13.0. The predicted octanol–water partition coefficient (Wildman–Crippen LogP) is 4.72. The molecule has 0 rings (SSSR count). The number of ether oxygens (including phenoxy) is 2. The smallest absolute Gasteiger partial charge is 0.254 e. The topological polar surface area (TPSA) is 35.5 Å². The van der Waals surface area contributed by atoms with Crippen LogP contribution in [-0.4, -0.2) is 48.5 Å². The first-order valence-electron chi connectivity index (χ1n) is 5.29. The summed E-state index contributed by atoms with van der Waals surface area (Å²) in [6.07, 6.45) is -22.2. The quantitative estimate of drug-likeness (QED) is 0.322. The van der Waals surface area contributed by atoms with Gasteiger partial charge in [-0.3, -0.25) is 4.79 Å². The van der Waals surface area contributed by atoms with Crippen LogP contribution in [0.1, 0.15) is 0 Å². The molecule has 0 aromatic rings. The van der Waals surface area contributed by atoms with E-state index in [-0.39, 0.29) is 0 Å². The SMILES string of the molecule is O=C(F)C(F)(F)C(F)(F)C(F)(F)C(F)(F)OC(F)(OC(F)(F)F)C(F)(F)F. The van der Waals surface area contributed by atoms with Crippen LogP contribution in [0.25, 0.3) is 0 Å². The van der Waals surface area contributed by atoms with E-state index in [2.05, 4.69) is 0 Å². The van der Waals surface area contributed by atoms with Crippen LogP contribution in [0.2, 0.25) is 0 Å². The van der Waals surface area contributed by atoms with Crippen molar-refractivity contribution in [2.24, 2.45) is 0 Å². The zero-order chi connectivity index (χ0) is 22.5. The Morgan fingerprint density at radius 2 is 0.963 bits per heavy atom. The lowest BCUT2D eigenvalue weighted by atomic mass is 10.0. The maximum Gasteiger partial charge on any atom is 0.527 e. The molecule has 0 aromatic carbocycles. The molecule has 0 N–H and O–H groups in total. The lowest BCUT2D eigenvalue weighted by molar-refractivity contribution is -0.569. The van der Waals surface area contributed by atoms with Crippen molar-refractivity contribution >= 4 is 6.04 Å². The van der Waals surface area contributed by atoms with Gasteiger partial charge in [-0.25, -0.2) is 9.47 Å². The van der Waals surface area contributed by atoms with Crippen LogP contribution in [0.3, 0.4) is 0 Å². The molecule has 0 aliphatic heterocycles. The molecule has 162 valence electrons. The number of halogens is 16. The molecule has 3 nitrogen and oxygen atoms in total. The fourth-order valence-electron chi connectivity index (χ4n) is 1.02. The molecule has 19 heteroatoms. The average molecular weight is 448 g/mol. The lowest BCUT2D eigenvalue weighted by Crippen LogP contribution is -2.67. The summed E-state index contributed by atoms with van der Waals surface area (Å²) in [5, 5.41) is 0. The van der Waals surface area contributed by atoms with E-state index in [1.165, 1.54) is 9.47 Å². The molecule has 27 heavy (non-hydrogen) atoms. The van der Waals surface area contributed by atoms with E-state index >= 15 is 0 Å². The van der Waals surface area contributed by atoms with E-state index in [4.69, 9.17) is 0 Å². The Kier molecular flexibility index (Phi) is 6.15. The molecule has 0 aliphatic rings. The lowest BCUT2D eigenvalue weighted by Gasteiger charge is -2.37. The zero-order valence-electron chi connectivity index (χ0n) is 11.3. The second-order valence-electron chi connectivity index (χ2n) is 4.20. The van der Waals surface area contributed by atoms with Crippen LogP contribution in [0, 0.1) is 0 Å². The summed E-state index contributed by atoms with van der Waals surface area (Å²) >= 11 is 0. The highest BCUT2D eigenvalue weighted by molar-refractivity contribution is 5.78. The van der Waals surface area contributed by atoms with E-state index in [9.17, 15) is 75.0 Å². The van der Waals surface area contributed by atoms with Gasteiger partial charge < -0.3 is 0 Å². The van der Waals surface area contributed by atoms with Crippen LogP contribution in [0.4, 0.5) is 70.2 Å². The minimum atomic E-state index is -8.08. The standard InChI is InChI=1S/C8F16O3/c9-1(25)2(10,11)3(12,13)4(14,15)6(19,20)26-7(21,5(16,17)18)27-8(22,23)24. The van der Waals surface area contributed by atoms with Crippen molar-refractivity contribution in [3.8, 4) is 0 Å². The zero-order valence-corrected chi connectivity index (χ0v) is 11.3. The summed E-state index contributed by atoms with van der Waals surface area (Å²) in [6.45, 7) is 0. The molecule has 0 aromatic heterocycles. The molecule has 0 fully saturated rings. The molecule has 0 bridgehead atoms. The first-order valence-corrected chi connectivity index (χ1v) is 5.29. The Bertz CT molecular complexity index is 561. The Labute approximate surface area is 134 Å². The third kappa shape index (κ3) is 4.49. The number of hydrogen-bond donors (Lipinski definition) is 0. The summed E-state index contributed by atoms with van der Waals surface area (Å²) in [6, 6.07) is -12.0. The molecule has 0 aliphatic carbocycles. The van der Waals surface area contributed by atoms with Gasteiger partial charge in [-0.15, -0.1) is 13.2 Å². The minimum absolute atomic E-state index is 1.33. The highest BCUT2D eigenvalue weighted by Crippen LogP contribution is 2.56. The third-order valence-electron chi connectivity index (χ3n) is 2.25. The third-order valence-corrected chi connectivity index (χ3v) is 2.25. The number of carbonyl (C=O) groups excluding carboxylic acids is 1. The van der Waals surface area contributed by atoms with Gasteiger partial charge in [0.25, 0.3) is 0 Å². The molecule has 1 unspecified atom stereocenters. The molecule has 0 radical (unpaired) electrons. The summed E-state index contributed by atoms with van der Waals surface area (Å²) in [5.74, 6) is -23.3. The first kappa shape index (κ1) is 25.5. The number of rotatable bonds is 7. The van der Waals surface area contributed by atoms with Crippen molar-refractivity contribution in [2.75, 3.05) is 0 Å². The fraction of sp³-hybridized carbons (Fsp3) is 0.875. The van der Waals surface area contributed by atoms with Gasteiger partial charge in [0.2, 0.25) is 0 Å². The van der Waals surface area contributed by atoms with E-state index in [1.54, 1.807) is 0 Å². The van der Waals surface area contributed by atoms with Gasteiger partial charge in [-0.2, -0.15) is 57.1 Å². The molecule has 0 saturated heterocycles. The molecule has 0 amide bonds.